The molecule has 6 nitrogen and oxygen atoms in total. The molecular weight excluding hydrogens is 505 g/mol. The lowest BCUT2D eigenvalue weighted by molar-refractivity contribution is -0.126. The van der Waals surface area contributed by atoms with E-state index in [2.05, 4.69) is 9.72 Å². The first-order chi connectivity index (χ1) is 19.4. The van der Waals surface area contributed by atoms with Gasteiger partial charge in [0.1, 0.15) is 5.82 Å². The van der Waals surface area contributed by atoms with Crippen LogP contribution in [0.2, 0.25) is 0 Å². The van der Waals surface area contributed by atoms with Crippen molar-refractivity contribution in [1.82, 2.24) is 4.98 Å². The molecule has 3 aromatic rings. The third kappa shape index (κ3) is 8.76. The molecule has 0 N–H and O–H groups in total. The number of rotatable bonds is 8. The van der Waals surface area contributed by atoms with Crippen molar-refractivity contribution in [2.75, 3.05) is 31.0 Å². The molecule has 0 unspecified atom stereocenters. The maximum atomic E-state index is 14.8. The van der Waals surface area contributed by atoms with Gasteiger partial charge in [-0.3, -0.25) is 14.6 Å². The molecule has 2 aliphatic carbocycles. The maximum Gasteiger partial charge on any atom is 0.292 e. The summed E-state index contributed by atoms with van der Waals surface area (Å²) in [6, 6.07) is 14.9. The number of hydrogen-bond acceptors (Lipinski definition) is 5. The monoisotopic (exact) mass is 545 g/mol. The normalized spacial score (nSPS) is 16.8. The van der Waals surface area contributed by atoms with Gasteiger partial charge in [-0.15, -0.1) is 0 Å². The highest BCUT2D eigenvalue weighted by atomic mass is 19.1. The van der Waals surface area contributed by atoms with Gasteiger partial charge in [0.25, 0.3) is 6.47 Å². The predicted octanol–water partition coefficient (Wildman–Crippen LogP) is 7.14. The highest BCUT2D eigenvalue weighted by Crippen LogP contribution is 2.43. The molecule has 1 heterocycles. The van der Waals surface area contributed by atoms with Crippen molar-refractivity contribution in [3.8, 4) is 11.1 Å². The zero-order valence-electron chi connectivity index (χ0n) is 23.9. The van der Waals surface area contributed by atoms with Crippen LogP contribution in [0.3, 0.4) is 0 Å². The topological polar surface area (TPSA) is 62.7 Å². The van der Waals surface area contributed by atoms with Gasteiger partial charge in [0.05, 0.1) is 25.5 Å². The summed E-state index contributed by atoms with van der Waals surface area (Å²) in [6.45, 7) is 2.42. The fourth-order valence-electron chi connectivity index (χ4n) is 5.24. The molecule has 40 heavy (non-hydrogen) atoms. The Morgan fingerprint density at radius 2 is 1.55 bits per heavy atom. The Labute approximate surface area is 237 Å². The van der Waals surface area contributed by atoms with Gasteiger partial charge in [0.2, 0.25) is 6.41 Å². The standard InChI is InChI=1S/C24H24FN3O.C7H12.C2H4O2/c1-4-5-18-12-23(15-26-14-18)28(17-29)16-21-7-6-20(13-24(21)25)19-8-10-22(11-9-19)27(2)3;1-2-7-4-3-6(1)5-7;1-4-2-3/h4-15,17H,16H2,1-3H3;6-7H,1-5H2;2H,1H3/b5-4+;;. The lowest BCUT2D eigenvalue weighted by atomic mass is 10.0. The Morgan fingerprint density at radius 1 is 0.925 bits per heavy atom. The number of fused-ring (bicyclic) bond motifs is 2. The number of carbonyl (C=O) groups excluding carboxylic acids is 2. The number of ether oxygens (including phenoxy) is 1. The molecular formula is C33H40FN3O3. The smallest absolute Gasteiger partial charge is 0.292 e. The number of carbonyl (C=O) groups is 2. The minimum Gasteiger partial charge on any atom is -0.471 e. The van der Waals surface area contributed by atoms with Crippen LogP contribution < -0.4 is 9.80 Å². The minimum absolute atomic E-state index is 0.135. The molecule has 0 spiro atoms. The van der Waals surface area contributed by atoms with Gasteiger partial charge in [-0.05, 0) is 66.1 Å². The number of halogens is 1. The van der Waals surface area contributed by atoms with E-state index >= 15 is 0 Å². The first kappa shape index (κ1) is 30.5. The highest BCUT2D eigenvalue weighted by molar-refractivity contribution is 5.76. The van der Waals surface area contributed by atoms with Crippen LogP contribution in [0, 0.1) is 17.7 Å². The van der Waals surface area contributed by atoms with Crippen LogP contribution in [0.25, 0.3) is 17.2 Å². The molecule has 0 aliphatic heterocycles. The zero-order valence-corrected chi connectivity index (χ0v) is 23.9. The summed E-state index contributed by atoms with van der Waals surface area (Å²) in [7, 11) is 5.27. The van der Waals surface area contributed by atoms with Crippen LogP contribution in [0.4, 0.5) is 15.8 Å². The van der Waals surface area contributed by atoms with Gasteiger partial charge in [0, 0.05) is 31.5 Å². The number of hydrogen-bond donors (Lipinski definition) is 0. The molecule has 7 heteroatoms. The van der Waals surface area contributed by atoms with Gasteiger partial charge < -0.3 is 14.5 Å². The highest BCUT2D eigenvalue weighted by Gasteiger charge is 2.30. The number of benzene rings is 2. The number of allylic oxidation sites excluding steroid dienone is 1. The second kappa shape index (κ2) is 15.6. The zero-order chi connectivity index (χ0) is 28.9. The molecule has 2 aromatic carbocycles. The quantitative estimate of drug-likeness (QED) is 0.282. The van der Waals surface area contributed by atoms with Crippen LogP contribution in [-0.4, -0.2) is 39.1 Å². The van der Waals surface area contributed by atoms with E-state index in [0.717, 1.165) is 22.4 Å². The predicted molar refractivity (Wildman–Crippen MR) is 160 cm³/mol. The van der Waals surface area contributed by atoms with Crippen LogP contribution in [0.5, 0.6) is 0 Å². The van der Waals surface area contributed by atoms with Gasteiger partial charge in [-0.2, -0.15) is 0 Å². The summed E-state index contributed by atoms with van der Waals surface area (Å²) < 4.78 is 18.6. The molecule has 2 fully saturated rings. The van der Waals surface area contributed by atoms with Crippen molar-refractivity contribution >= 4 is 30.3 Å². The van der Waals surface area contributed by atoms with Gasteiger partial charge in [-0.1, -0.05) is 62.1 Å². The number of anilines is 2. The fraction of sp³-hybridized carbons (Fsp3) is 0.364. The van der Waals surface area contributed by atoms with Gasteiger partial charge >= 0.3 is 0 Å². The maximum absolute atomic E-state index is 14.8. The summed E-state index contributed by atoms with van der Waals surface area (Å²) >= 11 is 0. The average Bonchev–Trinajstić information content (AvgIpc) is 3.64. The van der Waals surface area contributed by atoms with Gasteiger partial charge in [-0.25, -0.2) is 4.39 Å². The van der Waals surface area contributed by atoms with E-state index < -0.39 is 0 Å². The Kier molecular flexibility index (Phi) is 11.9. The lowest BCUT2D eigenvalue weighted by Crippen LogP contribution is -2.21. The van der Waals surface area contributed by atoms with Gasteiger partial charge in [0.15, 0.2) is 0 Å². The van der Waals surface area contributed by atoms with E-state index in [-0.39, 0.29) is 12.4 Å². The van der Waals surface area contributed by atoms with E-state index in [0.29, 0.717) is 24.1 Å². The van der Waals surface area contributed by atoms with Crippen LogP contribution in [0.15, 0.2) is 67.0 Å². The molecule has 212 valence electrons. The van der Waals surface area contributed by atoms with Crippen molar-refractivity contribution in [3.63, 3.8) is 0 Å². The number of methoxy groups -OCH3 is 1. The fourth-order valence-corrected chi connectivity index (χ4v) is 5.24. The van der Waals surface area contributed by atoms with Crippen molar-refractivity contribution in [1.29, 1.82) is 0 Å². The summed E-state index contributed by atoms with van der Waals surface area (Å²) in [6.07, 6.45) is 15.6. The number of pyridine rings is 1. The molecule has 0 saturated heterocycles. The van der Waals surface area contributed by atoms with E-state index in [1.807, 2.05) is 74.5 Å². The Bertz CT molecular complexity index is 1240. The number of nitrogens with zero attached hydrogens (tertiary/aromatic N) is 3. The largest absolute Gasteiger partial charge is 0.471 e. The second-order valence-corrected chi connectivity index (χ2v) is 10.4. The molecule has 1 amide bonds. The lowest BCUT2D eigenvalue weighted by Gasteiger charge is -2.18. The van der Waals surface area contributed by atoms with Crippen molar-refractivity contribution in [2.24, 2.45) is 11.8 Å². The molecule has 2 aliphatic rings. The molecule has 0 radical (unpaired) electrons. The third-order valence-electron chi connectivity index (χ3n) is 7.40. The summed E-state index contributed by atoms with van der Waals surface area (Å²) in [4.78, 5) is 28.2. The van der Waals surface area contributed by atoms with Crippen molar-refractivity contribution in [2.45, 2.75) is 45.6 Å². The second-order valence-electron chi connectivity index (χ2n) is 10.4. The number of amides is 1. The Morgan fingerprint density at radius 3 is 2.02 bits per heavy atom. The SMILES string of the molecule is C/C=C/c1cncc(N(C=O)Cc2ccc(-c3ccc(N(C)C)cc3)cc2F)c1.C1CC2CCC1C2.COC=O. The summed E-state index contributed by atoms with van der Waals surface area (Å²) in [5.74, 6) is 2.00. The Hall–Kier alpha value is -4.00. The summed E-state index contributed by atoms with van der Waals surface area (Å²) in [5.41, 5.74) is 4.78. The number of aromatic nitrogens is 1. The molecule has 2 bridgehead atoms. The van der Waals surface area contributed by atoms with E-state index in [1.54, 1.807) is 50.6 Å². The molecule has 5 rings (SSSR count). The van der Waals surface area contributed by atoms with Crippen LogP contribution in [0.1, 0.15) is 50.2 Å². The average molecular weight is 546 g/mol. The van der Waals surface area contributed by atoms with E-state index in [9.17, 15) is 9.18 Å². The molecule has 1 aromatic heterocycles. The van der Waals surface area contributed by atoms with E-state index in [4.69, 9.17) is 4.79 Å². The third-order valence-corrected chi connectivity index (χ3v) is 7.40. The first-order valence-corrected chi connectivity index (χ1v) is 13.7. The van der Waals surface area contributed by atoms with Crippen LogP contribution >= 0.6 is 0 Å². The van der Waals surface area contributed by atoms with Crippen molar-refractivity contribution in [3.05, 3.63) is 83.9 Å². The van der Waals surface area contributed by atoms with Crippen LogP contribution in [-0.2, 0) is 20.9 Å². The van der Waals surface area contributed by atoms with E-state index in [1.165, 1.54) is 29.9 Å². The first-order valence-electron chi connectivity index (χ1n) is 13.7. The molecule has 0 atom stereocenters. The summed E-state index contributed by atoms with van der Waals surface area (Å²) in [5, 5.41) is 0. The van der Waals surface area contributed by atoms with Crippen molar-refractivity contribution < 1.29 is 18.7 Å². The minimum atomic E-state index is -0.344. The molecule has 2 saturated carbocycles. The Balaban J connectivity index is 0.000000330.